The molecule has 36 heavy (non-hydrogen) atoms. The van der Waals surface area contributed by atoms with Crippen molar-refractivity contribution >= 4 is 50.9 Å². The van der Waals surface area contributed by atoms with Gasteiger partial charge in [-0.1, -0.05) is 23.7 Å². The Morgan fingerprint density at radius 1 is 1.25 bits per heavy atom. The zero-order chi connectivity index (χ0) is 26.2. The number of nitro groups is 1. The number of ether oxygens (including phenoxy) is 1. The maximum absolute atomic E-state index is 12.7. The highest BCUT2D eigenvalue weighted by atomic mass is 79.9. The van der Waals surface area contributed by atoms with Gasteiger partial charge in [0, 0.05) is 22.8 Å². The van der Waals surface area contributed by atoms with Crippen molar-refractivity contribution in [3.05, 3.63) is 115 Å². The van der Waals surface area contributed by atoms with Gasteiger partial charge in [0.15, 0.2) is 0 Å². The summed E-state index contributed by atoms with van der Waals surface area (Å²) in [6.45, 7) is 5.84. The summed E-state index contributed by atoms with van der Waals surface area (Å²) in [5.74, 6) is 0.0139. The molecule has 1 N–H and O–H groups in total. The molecule has 0 aromatic heterocycles. The number of amides is 1. The standard InChI is InChI=1S/C27H21BrClN3O4/c1-3-4-20-11-19(12-21(15-30)27(33)31-22-8-5-17(2)25(29)14-22)13-24(28)26(20)36-16-18-6-9-23(10-7-18)32(34)35/h3,5-14H,1,4,16H2,2H3,(H,31,33)/b21-12-. The number of carbonyl (C=O) groups excluding carboxylic acids is 1. The van der Waals surface area contributed by atoms with Crippen LogP contribution in [0.1, 0.15) is 22.3 Å². The van der Waals surface area contributed by atoms with Crippen LogP contribution in [0.25, 0.3) is 6.08 Å². The second kappa shape index (κ2) is 12.2. The second-order valence-electron chi connectivity index (χ2n) is 7.78. The highest BCUT2D eigenvalue weighted by Crippen LogP contribution is 2.33. The van der Waals surface area contributed by atoms with Crippen LogP contribution in [0.5, 0.6) is 5.75 Å². The number of aryl methyl sites for hydroxylation is 1. The third-order valence-electron chi connectivity index (χ3n) is 5.14. The number of hydrogen-bond acceptors (Lipinski definition) is 5. The number of benzene rings is 3. The predicted molar refractivity (Wildman–Crippen MR) is 144 cm³/mol. The Hall–Kier alpha value is -3.93. The Kier molecular flexibility index (Phi) is 9.01. The largest absolute Gasteiger partial charge is 0.487 e. The molecular weight excluding hydrogens is 546 g/mol. The molecule has 0 saturated carbocycles. The van der Waals surface area contributed by atoms with Crippen molar-refractivity contribution in [2.45, 2.75) is 20.0 Å². The van der Waals surface area contributed by atoms with Crippen molar-refractivity contribution in [2.24, 2.45) is 0 Å². The van der Waals surface area contributed by atoms with E-state index in [1.807, 2.05) is 19.1 Å². The Bertz CT molecular complexity index is 1400. The average molecular weight is 567 g/mol. The number of rotatable bonds is 9. The van der Waals surface area contributed by atoms with E-state index < -0.39 is 10.8 Å². The first-order valence-corrected chi connectivity index (χ1v) is 11.9. The predicted octanol–water partition coefficient (Wildman–Crippen LogP) is 7.17. The van der Waals surface area contributed by atoms with E-state index in [9.17, 15) is 20.2 Å². The molecule has 3 rings (SSSR count). The fourth-order valence-electron chi connectivity index (χ4n) is 3.28. The quantitative estimate of drug-likeness (QED) is 0.0971. The van der Waals surface area contributed by atoms with Crippen LogP contribution in [-0.4, -0.2) is 10.8 Å². The molecule has 0 unspecified atom stereocenters. The smallest absolute Gasteiger partial charge is 0.269 e. The number of nitriles is 1. The molecule has 182 valence electrons. The third-order valence-corrected chi connectivity index (χ3v) is 6.14. The first-order chi connectivity index (χ1) is 17.2. The Morgan fingerprint density at radius 2 is 1.97 bits per heavy atom. The van der Waals surface area contributed by atoms with Crippen molar-refractivity contribution in [1.29, 1.82) is 5.26 Å². The van der Waals surface area contributed by atoms with Gasteiger partial charge in [0.1, 0.15) is 24.0 Å². The fraction of sp³-hybridized carbons (Fsp3) is 0.111. The third kappa shape index (κ3) is 6.81. The van der Waals surface area contributed by atoms with E-state index in [4.69, 9.17) is 16.3 Å². The molecule has 9 heteroatoms. The maximum atomic E-state index is 12.7. The molecule has 7 nitrogen and oxygen atoms in total. The van der Waals surface area contributed by atoms with Gasteiger partial charge >= 0.3 is 0 Å². The summed E-state index contributed by atoms with van der Waals surface area (Å²) in [5.41, 5.74) is 3.46. The van der Waals surface area contributed by atoms with E-state index in [0.29, 0.717) is 32.9 Å². The number of hydrogen-bond donors (Lipinski definition) is 1. The van der Waals surface area contributed by atoms with Crippen LogP contribution in [0.3, 0.4) is 0 Å². The molecule has 0 heterocycles. The van der Waals surface area contributed by atoms with Gasteiger partial charge in [-0.25, -0.2) is 0 Å². The average Bonchev–Trinajstić information content (AvgIpc) is 2.84. The number of nitro benzene ring substituents is 1. The number of nitrogens with zero attached hydrogens (tertiary/aromatic N) is 2. The Labute approximate surface area is 221 Å². The molecule has 0 aliphatic heterocycles. The van der Waals surface area contributed by atoms with Gasteiger partial charge in [0.05, 0.1) is 9.40 Å². The number of allylic oxidation sites excluding steroid dienone is 1. The number of halogens is 2. The lowest BCUT2D eigenvalue weighted by Gasteiger charge is -2.14. The fourth-order valence-corrected chi connectivity index (χ4v) is 4.09. The molecule has 3 aromatic rings. The zero-order valence-electron chi connectivity index (χ0n) is 19.3. The van der Waals surface area contributed by atoms with Gasteiger partial charge in [0.2, 0.25) is 0 Å². The summed E-state index contributed by atoms with van der Waals surface area (Å²) in [6, 6.07) is 16.7. The molecule has 0 radical (unpaired) electrons. The van der Waals surface area contributed by atoms with Crippen LogP contribution in [0.2, 0.25) is 5.02 Å². The summed E-state index contributed by atoms with van der Waals surface area (Å²) in [4.78, 5) is 23.1. The van der Waals surface area contributed by atoms with Crippen LogP contribution in [0, 0.1) is 28.4 Å². The molecule has 0 aliphatic carbocycles. The second-order valence-corrected chi connectivity index (χ2v) is 9.05. The van der Waals surface area contributed by atoms with E-state index in [1.165, 1.54) is 18.2 Å². The minimum Gasteiger partial charge on any atom is -0.487 e. The first-order valence-electron chi connectivity index (χ1n) is 10.7. The van der Waals surface area contributed by atoms with Gasteiger partial charge in [-0.2, -0.15) is 5.26 Å². The lowest BCUT2D eigenvalue weighted by Crippen LogP contribution is -2.13. The lowest BCUT2D eigenvalue weighted by atomic mass is 10.0. The van der Waals surface area contributed by atoms with Crippen LogP contribution >= 0.6 is 27.5 Å². The normalized spacial score (nSPS) is 10.9. The summed E-state index contributed by atoms with van der Waals surface area (Å²) in [5, 5.41) is 23.6. The minimum atomic E-state index is -0.558. The highest BCUT2D eigenvalue weighted by Gasteiger charge is 2.14. The van der Waals surface area contributed by atoms with Gasteiger partial charge in [-0.15, -0.1) is 6.58 Å². The van der Waals surface area contributed by atoms with Gasteiger partial charge in [0.25, 0.3) is 11.6 Å². The topological polar surface area (TPSA) is 105 Å². The van der Waals surface area contributed by atoms with Crippen molar-refractivity contribution in [1.82, 2.24) is 0 Å². The van der Waals surface area contributed by atoms with E-state index >= 15 is 0 Å². The summed E-state index contributed by atoms with van der Waals surface area (Å²) >= 11 is 9.63. The summed E-state index contributed by atoms with van der Waals surface area (Å²) < 4.78 is 6.62. The Morgan fingerprint density at radius 3 is 2.58 bits per heavy atom. The monoisotopic (exact) mass is 565 g/mol. The molecule has 0 aliphatic rings. The summed E-state index contributed by atoms with van der Waals surface area (Å²) in [6.07, 6.45) is 3.68. The molecular formula is C27H21BrClN3O4. The molecule has 0 atom stereocenters. The van der Waals surface area contributed by atoms with Crippen molar-refractivity contribution in [2.75, 3.05) is 5.32 Å². The van der Waals surface area contributed by atoms with E-state index in [-0.39, 0.29) is 17.9 Å². The lowest BCUT2D eigenvalue weighted by molar-refractivity contribution is -0.384. The number of nitrogens with one attached hydrogen (secondary N) is 1. The van der Waals surface area contributed by atoms with Crippen LogP contribution in [0.4, 0.5) is 11.4 Å². The van der Waals surface area contributed by atoms with E-state index in [1.54, 1.807) is 42.5 Å². The summed E-state index contributed by atoms with van der Waals surface area (Å²) in [7, 11) is 0. The first kappa shape index (κ1) is 26.7. The Balaban J connectivity index is 1.83. The van der Waals surface area contributed by atoms with Crippen LogP contribution in [0.15, 0.2) is 77.3 Å². The molecule has 1 amide bonds. The van der Waals surface area contributed by atoms with Gasteiger partial charge < -0.3 is 10.1 Å². The number of anilines is 1. The number of non-ortho nitro benzene ring substituents is 1. The van der Waals surface area contributed by atoms with Crippen LogP contribution < -0.4 is 10.1 Å². The van der Waals surface area contributed by atoms with Gasteiger partial charge in [-0.05, 0) is 94.0 Å². The van der Waals surface area contributed by atoms with Crippen molar-refractivity contribution < 1.29 is 14.5 Å². The SMILES string of the molecule is C=CCc1cc(/C=C(/C#N)C(=O)Nc2ccc(C)c(Cl)c2)cc(Br)c1OCc1ccc([N+](=O)[O-])cc1. The molecule has 3 aromatic carbocycles. The maximum Gasteiger partial charge on any atom is 0.269 e. The molecule has 0 saturated heterocycles. The zero-order valence-corrected chi connectivity index (χ0v) is 21.6. The highest BCUT2D eigenvalue weighted by molar-refractivity contribution is 9.10. The molecule has 0 bridgehead atoms. The van der Waals surface area contributed by atoms with Crippen molar-refractivity contribution in [3.8, 4) is 11.8 Å². The number of carbonyl (C=O) groups is 1. The van der Waals surface area contributed by atoms with E-state index in [2.05, 4.69) is 27.8 Å². The van der Waals surface area contributed by atoms with Crippen LogP contribution in [-0.2, 0) is 17.8 Å². The molecule has 0 spiro atoms. The van der Waals surface area contributed by atoms with Crippen molar-refractivity contribution in [3.63, 3.8) is 0 Å². The minimum absolute atomic E-state index is 0.00577. The van der Waals surface area contributed by atoms with E-state index in [0.717, 1.165) is 16.7 Å². The van der Waals surface area contributed by atoms with Gasteiger partial charge in [-0.3, -0.25) is 14.9 Å². The molecule has 0 fully saturated rings.